The van der Waals surface area contributed by atoms with Crippen LogP contribution in [0.25, 0.3) is 11.1 Å². The summed E-state index contributed by atoms with van der Waals surface area (Å²) in [6, 6.07) is 14.0. The first-order valence-corrected chi connectivity index (χ1v) is 11.1. The van der Waals surface area contributed by atoms with Crippen LogP contribution in [0.3, 0.4) is 0 Å². The summed E-state index contributed by atoms with van der Waals surface area (Å²) in [6.45, 7) is 5.58. The van der Waals surface area contributed by atoms with Gasteiger partial charge in [0.1, 0.15) is 11.9 Å². The molecule has 6 heteroatoms. The van der Waals surface area contributed by atoms with E-state index >= 15 is 0 Å². The second-order valence-corrected chi connectivity index (χ2v) is 8.81. The normalized spacial score (nSPS) is 26.3. The number of fused-ring (bicyclic) bond motifs is 4. The molecule has 1 unspecified atom stereocenters. The number of nitrogens with zero attached hydrogens (tertiary/aromatic N) is 2. The van der Waals surface area contributed by atoms with E-state index in [-0.39, 0.29) is 18.2 Å². The maximum Gasteiger partial charge on any atom is 0.407 e. The zero-order valence-corrected chi connectivity index (χ0v) is 17.8. The summed E-state index contributed by atoms with van der Waals surface area (Å²) in [7, 11) is 0. The summed E-state index contributed by atoms with van der Waals surface area (Å²) in [5.74, 6) is 1.27. The van der Waals surface area contributed by atoms with Crippen LogP contribution in [0.5, 0.6) is 5.75 Å². The van der Waals surface area contributed by atoms with Crippen LogP contribution < -0.4 is 10.1 Å². The molecule has 3 saturated heterocycles. The molecule has 4 aliphatic heterocycles. The summed E-state index contributed by atoms with van der Waals surface area (Å²) in [5.41, 5.74) is 4.57. The molecule has 0 spiro atoms. The third-order valence-corrected chi connectivity index (χ3v) is 6.89. The Morgan fingerprint density at radius 3 is 2.68 bits per heavy atom. The zero-order valence-electron chi connectivity index (χ0n) is 17.8. The number of nitriles is 1. The monoisotopic (exact) mass is 417 g/mol. The van der Waals surface area contributed by atoms with E-state index in [9.17, 15) is 10.1 Å². The Morgan fingerprint density at radius 1 is 1.16 bits per heavy atom. The summed E-state index contributed by atoms with van der Waals surface area (Å²) in [6.07, 6.45) is 2.61. The van der Waals surface area contributed by atoms with E-state index in [1.165, 1.54) is 0 Å². The molecular weight excluding hydrogens is 390 g/mol. The van der Waals surface area contributed by atoms with Crippen LogP contribution in [-0.2, 0) is 4.74 Å². The predicted octanol–water partition coefficient (Wildman–Crippen LogP) is 4.18. The molecule has 2 aromatic rings. The number of amides is 1. The van der Waals surface area contributed by atoms with E-state index in [0.717, 1.165) is 60.5 Å². The molecule has 2 aromatic carbocycles. The molecule has 1 N–H and O–H groups in total. The number of alkyl carbamates (subject to hydrolysis) is 1. The van der Waals surface area contributed by atoms with Gasteiger partial charge in [-0.05, 0) is 67.6 Å². The van der Waals surface area contributed by atoms with Crippen molar-refractivity contribution in [1.29, 1.82) is 5.26 Å². The molecule has 4 aliphatic rings. The van der Waals surface area contributed by atoms with E-state index in [2.05, 4.69) is 16.3 Å². The Hall–Kier alpha value is -3.04. The number of nitrogens with one attached hydrogen (secondary N) is 1. The lowest BCUT2D eigenvalue weighted by molar-refractivity contribution is -0.0342. The number of carbonyl (C=O) groups is 1. The third kappa shape index (κ3) is 3.98. The topological polar surface area (TPSA) is 74.6 Å². The third-order valence-electron chi connectivity index (χ3n) is 6.89. The molecule has 31 heavy (non-hydrogen) atoms. The number of rotatable bonds is 3. The van der Waals surface area contributed by atoms with E-state index in [4.69, 9.17) is 9.47 Å². The first-order chi connectivity index (χ1) is 15.1. The molecule has 0 saturated carbocycles. The average Bonchev–Trinajstić information content (AvgIpc) is 2.80. The minimum absolute atomic E-state index is 0.0000504. The van der Waals surface area contributed by atoms with Crippen LogP contribution in [0.1, 0.15) is 42.0 Å². The Labute approximate surface area is 182 Å². The van der Waals surface area contributed by atoms with Gasteiger partial charge in [0.2, 0.25) is 0 Å². The molecule has 6 nitrogen and oxygen atoms in total. The highest BCUT2D eigenvalue weighted by Gasteiger charge is 2.37. The van der Waals surface area contributed by atoms with E-state index in [1.807, 2.05) is 43.3 Å². The fraction of sp³-hybridized carbons (Fsp3) is 0.440. The lowest BCUT2D eigenvalue weighted by Gasteiger charge is -2.44. The van der Waals surface area contributed by atoms with Gasteiger partial charge in [-0.2, -0.15) is 5.26 Å². The predicted molar refractivity (Wildman–Crippen MR) is 117 cm³/mol. The smallest absolute Gasteiger partial charge is 0.407 e. The number of hydrogen-bond donors (Lipinski definition) is 1. The standard InChI is InChI=1S/C25H27N3O3/c1-16-2-3-18(12-20(16)14-26)19-4-5-21-22(8-11-30-23(21)13-19)27-25(29)31-24-15-28-9-6-17(24)7-10-28/h2-5,12-13,17,22,24H,6-11,15H2,1H3,(H,27,29)/t22?,24-/m0/s1. The number of aryl methyl sites for hydroxylation is 1. The number of benzene rings is 2. The average molecular weight is 418 g/mol. The molecule has 160 valence electrons. The molecule has 0 radical (unpaired) electrons. The van der Waals surface area contributed by atoms with E-state index < -0.39 is 0 Å². The Bertz CT molecular complexity index is 1040. The summed E-state index contributed by atoms with van der Waals surface area (Å²) in [4.78, 5) is 15.0. The van der Waals surface area contributed by atoms with Crippen molar-refractivity contribution in [3.05, 3.63) is 53.1 Å². The van der Waals surface area contributed by atoms with Crippen molar-refractivity contribution in [3.63, 3.8) is 0 Å². The van der Waals surface area contributed by atoms with Gasteiger partial charge in [-0.25, -0.2) is 4.79 Å². The van der Waals surface area contributed by atoms with Crippen molar-refractivity contribution in [3.8, 4) is 22.9 Å². The van der Waals surface area contributed by atoms with Crippen molar-refractivity contribution in [2.45, 2.75) is 38.3 Å². The Morgan fingerprint density at radius 2 is 1.94 bits per heavy atom. The van der Waals surface area contributed by atoms with Crippen molar-refractivity contribution >= 4 is 6.09 Å². The second kappa shape index (κ2) is 8.24. The van der Waals surface area contributed by atoms with Crippen LogP contribution in [0.4, 0.5) is 4.79 Å². The summed E-state index contributed by atoms with van der Waals surface area (Å²) in [5, 5.41) is 12.4. The van der Waals surface area contributed by atoms with Gasteiger partial charge in [-0.1, -0.05) is 24.3 Å². The van der Waals surface area contributed by atoms with Crippen molar-refractivity contribution in [1.82, 2.24) is 10.2 Å². The minimum atomic E-state index is -0.335. The number of ether oxygens (including phenoxy) is 2. The van der Waals surface area contributed by atoms with Gasteiger partial charge in [0.05, 0.1) is 24.3 Å². The number of carbonyl (C=O) groups excluding carboxylic acids is 1. The first-order valence-electron chi connectivity index (χ1n) is 11.1. The van der Waals surface area contributed by atoms with Crippen molar-refractivity contribution in [2.75, 3.05) is 26.2 Å². The van der Waals surface area contributed by atoms with E-state index in [0.29, 0.717) is 24.5 Å². The van der Waals surface area contributed by atoms with Crippen molar-refractivity contribution in [2.24, 2.45) is 5.92 Å². The second-order valence-electron chi connectivity index (χ2n) is 8.81. The van der Waals surface area contributed by atoms with Gasteiger partial charge in [-0.15, -0.1) is 0 Å². The molecule has 1 amide bonds. The first kappa shape index (κ1) is 19.9. The van der Waals surface area contributed by atoms with Gasteiger partial charge >= 0.3 is 6.09 Å². The molecule has 3 fully saturated rings. The number of piperidine rings is 3. The Kier molecular flexibility index (Phi) is 5.29. The minimum Gasteiger partial charge on any atom is -0.493 e. The van der Waals surface area contributed by atoms with Crippen LogP contribution in [-0.4, -0.2) is 43.3 Å². The Balaban J connectivity index is 1.30. The number of hydrogen-bond acceptors (Lipinski definition) is 5. The lowest BCUT2D eigenvalue weighted by atomic mass is 9.86. The van der Waals surface area contributed by atoms with Gasteiger partial charge in [-0.3, -0.25) is 4.90 Å². The van der Waals surface area contributed by atoms with Crippen LogP contribution in [0.2, 0.25) is 0 Å². The van der Waals surface area contributed by atoms with Gasteiger partial charge in [0, 0.05) is 18.5 Å². The quantitative estimate of drug-likeness (QED) is 0.811. The van der Waals surface area contributed by atoms with Crippen LogP contribution >= 0.6 is 0 Å². The highest BCUT2D eigenvalue weighted by Crippen LogP contribution is 2.36. The SMILES string of the molecule is Cc1ccc(-c2ccc3c(c2)OCCC3NC(=O)O[C@H]2CN3CCC2CC3)cc1C#N. The molecule has 0 aromatic heterocycles. The molecule has 0 aliphatic carbocycles. The molecule has 2 bridgehead atoms. The van der Waals surface area contributed by atoms with E-state index in [1.54, 1.807) is 0 Å². The highest BCUT2D eigenvalue weighted by molar-refractivity contribution is 5.71. The van der Waals surface area contributed by atoms with Crippen LogP contribution in [0.15, 0.2) is 36.4 Å². The molecule has 2 atom stereocenters. The summed E-state index contributed by atoms with van der Waals surface area (Å²) < 4.78 is 11.7. The summed E-state index contributed by atoms with van der Waals surface area (Å²) >= 11 is 0. The zero-order chi connectivity index (χ0) is 21.4. The van der Waals surface area contributed by atoms with Crippen molar-refractivity contribution < 1.29 is 14.3 Å². The lowest BCUT2D eigenvalue weighted by Crippen LogP contribution is -2.52. The molecule has 6 rings (SSSR count). The maximum atomic E-state index is 12.6. The molecular formula is C25H27N3O3. The highest BCUT2D eigenvalue weighted by atomic mass is 16.6. The maximum absolute atomic E-state index is 12.6. The van der Waals surface area contributed by atoms with Crippen LogP contribution in [0, 0.1) is 24.2 Å². The largest absolute Gasteiger partial charge is 0.493 e. The van der Waals surface area contributed by atoms with Gasteiger partial charge in [0.15, 0.2) is 0 Å². The fourth-order valence-corrected chi connectivity index (χ4v) is 5.00. The fourth-order valence-electron chi connectivity index (χ4n) is 5.00. The van der Waals surface area contributed by atoms with Gasteiger partial charge < -0.3 is 14.8 Å². The van der Waals surface area contributed by atoms with Gasteiger partial charge in [0.25, 0.3) is 0 Å². The molecule has 4 heterocycles.